The number of imidazole rings is 1. The highest BCUT2D eigenvalue weighted by Gasteiger charge is 2.06. The van der Waals surface area contributed by atoms with Gasteiger partial charge in [0.2, 0.25) is 5.95 Å². The van der Waals surface area contributed by atoms with E-state index >= 15 is 0 Å². The molecule has 0 bridgehead atoms. The van der Waals surface area contributed by atoms with E-state index in [1.165, 1.54) is 4.88 Å². The second-order valence-electron chi connectivity index (χ2n) is 4.04. The summed E-state index contributed by atoms with van der Waals surface area (Å²) in [4.78, 5) is 5.86. The molecule has 0 aliphatic heterocycles. The molecule has 0 amide bonds. The third-order valence-electron chi connectivity index (χ3n) is 2.84. The number of anilines is 1. The van der Waals surface area contributed by atoms with Crippen molar-refractivity contribution in [2.45, 2.75) is 6.54 Å². The molecule has 3 rings (SSSR count). The number of aryl methyl sites for hydroxylation is 1. The first-order valence-corrected chi connectivity index (χ1v) is 7.24. The third-order valence-corrected chi connectivity index (χ3v) is 4.46. The first-order chi connectivity index (χ1) is 8.74. The molecule has 1 N–H and O–H groups in total. The maximum atomic E-state index is 4.58. The minimum Gasteiger partial charge on any atom is -0.351 e. The summed E-state index contributed by atoms with van der Waals surface area (Å²) in [7, 11) is 2.03. The van der Waals surface area contributed by atoms with Gasteiger partial charge in [-0.05, 0) is 40.2 Å². The van der Waals surface area contributed by atoms with Crippen molar-refractivity contribution in [3.05, 3.63) is 45.1 Å². The highest BCUT2D eigenvalue weighted by atomic mass is 79.9. The maximum Gasteiger partial charge on any atom is 0.203 e. The van der Waals surface area contributed by atoms with Gasteiger partial charge in [-0.1, -0.05) is 12.1 Å². The fourth-order valence-electron chi connectivity index (χ4n) is 1.92. The van der Waals surface area contributed by atoms with E-state index in [1.54, 1.807) is 11.3 Å². The summed E-state index contributed by atoms with van der Waals surface area (Å²) in [5.41, 5.74) is 2.17. The summed E-state index contributed by atoms with van der Waals surface area (Å²) in [5.74, 6) is 0.903. The maximum absolute atomic E-state index is 4.58. The van der Waals surface area contributed by atoms with Gasteiger partial charge in [-0.2, -0.15) is 0 Å². The average molecular weight is 322 g/mol. The monoisotopic (exact) mass is 321 g/mol. The summed E-state index contributed by atoms with van der Waals surface area (Å²) in [6.07, 6.45) is 0. The van der Waals surface area contributed by atoms with Gasteiger partial charge in [-0.3, -0.25) is 0 Å². The fraction of sp³-hybridized carbons (Fsp3) is 0.154. The van der Waals surface area contributed by atoms with Crippen molar-refractivity contribution in [3.8, 4) is 0 Å². The van der Waals surface area contributed by atoms with Crippen molar-refractivity contribution >= 4 is 44.2 Å². The van der Waals surface area contributed by atoms with Gasteiger partial charge in [0.1, 0.15) is 0 Å². The zero-order chi connectivity index (χ0) is 12.5. The number of thiophene rings is 1. The first kappa shape index (κ1) is 11.7. The van der Waals surface area contributed by atoms with Gasteiger partial charge >= 0.3 is 0 Å². The highest BCUT2D eigenvalue weighted by Crippen LogP contribution is 2.23. The Labute approximate surface area is 118 Å². The number of hydrogen-bond acceptors (Lipinski definition) is 3. The van der Waals surface area contributed by atoms with E-state index in [0.29, 0.717) is 0 Å². The minimum atomic E-state index is 0.799. The van der Waals surface area contributed by atoms with E-state index < -0.39 is 0 Å². The number of hydrogen-bond donors (Lipinski definition) is 1. The molecule has 18 heavy (non-hydrogen) atoms. The molecule has 0 atom stereocenters. The summed E-state index contributed by atoms with van der Waals surface area (Å²) >= 11 is 5.21. The van der Waals surface area contributed by atoms with Crippen LogP contribution in [0.5, 0.6) is 0 Å². The van der Waals surface area contributed by atoms with Crippen molar-refractivity contribution in [1.29, 1.82) is 0 Å². The van der Waals surface area contributed by atoms with Crippen molar-refractivity contribution in [2.24, 2.45) is 7.05 Å². The quantitative estimate of drug-likeness (QED) is 0.790. The number of fused-ring (bicyclic) bond motifs is 1. The molecule has 0 radical (unpaired) electrons. The van der Waals surface area contributed by atoms with Crippen LogP contribution >= 0.6 is 27.3 Å². The van der Waals surface area contributed by atoms with Crippen LogP contribution in [0.15, 0.2) is 40.2 Å². The lowest BCUT2D eigenvalue weighted by molar-refractivity contribution is 0.931. The van der Waals surface area contributed by atoms with Crippen molar-refractivity contribution in [2.75, 3.05) is 5.32 Å². The number of halogens is 1. The molecule has 3 nitrogen and oxygen atoms in total. The normalized spacial score (nSPS) is 11.0. The van der Waals surface area contributed by atoms with Gasteiger partial charge in [0.05, 0.1) is 21.4 Å². The molecule has 2 heterocycles. The minimum absolute atomic E-state index is 0.799. The molecule has 0 unspecified atom stereocenters. The molecular weight excluding hydrogens is 310 g/mol. The van der Waals surface area contributed by atoms with E-state index in [-0.39, 0.29) is 0 Å². The van der Waals surface area contributed by atoms with E-state index in [4.69, 9.17) is 0 Å². The topological polar surface area (TPSA) is 29.9 Å². The van der Waals surface area contributed by atoms with Crippen LogP contribution in [0.25, 0.3) is 11.0 Å². The van der Waals surface area contributed by atoms with Crippen molar-refractivity contribution in [3.63, 3.8) is 0 Å². The van der Waals surface area contributed by atoms with Crippen LogP contribution in [0.3, 0.4) is 0 Å². The van der Waals surface area contributed by atoms with Crippen molar-refractivity contribution in [1.82, 2.24) is 9.55 Å². The standard InChI is InChI=1S/C13H12BrN3S/c1-17-11-5-3-2-4-10(11)16-13(17)15-8-9-6-7-12(14)18-9/h2-7H,8H2,1H3,(H,15,16). The smallest absolute Gasteiger partial charge is 0.203 e. The number of nitrogens with zero attached hydrogens (tertiary/aromatic N) is 2. The molecular formula is C13H12BrN3S. The zero-order valence-corrected chi connectivity index (χ0v) is 12.3. The molecule has 3 aromatic rings. The molecule has 0 aliphatic rings. The average Bonchev–Trinajstić information content (AvgIpc) is 2.92. The van der Waals surface area contributed by atoms with Gasteiger partial charge in [-0.15, -0.1) is 11.3 Å². The molecule has 1 aromatic carbocycles. The molecule has 0 saturated heterocycles. The Balaban J connectivity index is 1.84. The molecule has 0 saturated carbocycles. The Morgan fingerprint density at radius 1 is 1.28 bits per heavy atom. The Morgan fingerprint density at radius 3 is 2.83 bits per heavy atom. The predicted molar refractivity (Wildman–Crippen MR) is 80.1 cm³/mol. The van der Waals surface area contributed by atoms with Crippen molar-refractivity contribution < 1.29 is 0 Å². The number of para-hydroxylation sites is 2. The summed E-state index contributed by atoms with van der Waals surface area (Å²) in [6, 6.07) is 12.3. The van der Waals surface area contributed by atoms with Crippen LogP contribution in [-0.2, 0) is 13.6 Å². The lowest BCUT2D eigenvalue weighted by atomic mass is 10.3. The van der Waals surface area contributed by atoms with E-state index in [9.17, 15) is 0 Å². The Bertz CT molecular complexity index is 686. The summed E-state index contributed by atoms with van der Waals surface area (Å²) in [5, 5.41) is 3.37. The largest absolute Gasteiger partial charge is 0.351 e. The van der Waals surface area contributed by atoms with Crippen LogP contribution in [-0.4, -0.2) is 9.55 Å². The zero-order valence-electron chi connectivity index (χ0n) is 9.85. The summed E-state index contributed by atoms with van der Waals surface area (Å²) < 4.78 is 3.24. The van der Waals surface area contributed by atoms with Crippen LogP contribution in [0.4, 0.5) is 5.95 Å². The second kappa shape index (κ2) is 4.74. The number of aromatic nitrogens is 2. The lowest BCUT2D eigenvalue weighted by Crippen LogP contribution is -2.03. The number of nitrogens with one attached hydrogen (secondary N) is 1. The second-order valence-corrected chi connectivity index (χ2v) is 6.59. The van der Waals surface area contributed by atoms with Crippen LogP contribution in [0.2, 0.25) is 0 Å². The van der Waals surface area contributed by atoms with E-state index in [0.717, 1.165) is 27.3 Å². The molecule has 5 heteroatoms. The predicted octanol–water partition coefficient (Wildman–Crippen LogP) is 4.01. The van der Waals surface area contributed by atoms with Gasteiger partial charge in [-0.25, -0.2) is 4.98 Å². The van der Waals surface area contributed by atoms with E-state index in [2.05, 4.69) is 49.0 Å². The van der Waals surface area contributed by atoms with Gasteiger partial charge < -0.3 is 9.88 Å². The lowest BCUT2D eigenvalue weighted by Gasteiger charge is -2.04. The number of rotatable bonds is 3. The fourth-order valence-corrected chi connectivity index (χ4v) is 3.34. The Morgan fingerprint density at radius 2 is 2.11 bits per heavy atom. The van der Waals surface area contributed by atoms with Crippen LogP contribution < -0.4 is 5.32 Å². The number of benzene rings is 1. The molecule has 0 fully saturated rings. The van der Waals surface area contributed by atoms with Gasteiger partial charge in [0, 0.05) is 11.9 Å². The summed E-state index contributed by atoms with van der Waals surface area (Å²) in [6.45, 7) is 0.799. The highest BCUT2D eigenvalue weighted by molar-refractivity contribution is 9.11. The molecule has 2 aromatic heterocycles. The molecule has 0 spiro atoms. The Kier molecular flexibility index (Phi) is 3.09. The van der Waals surface area contributed by atoms with E-state index in [1.807, 2.05) is 25.2 Å². The Hall–Kier alpha value is -1.33. The van der Waals surface area contributed by atoms with Crippen LogP contribution in [0, 0.1) is 0 Å². The first-order valence-electron chi connectivity index (χ1n) is 5.63. The molecule has 0 aliphatic carbocycles. The van der Waals surface area contributed by atoms with Gasteiger partial charge in [0.25, 0.3) is 0 Å². The van der Waals surface area contributed by atoms with Gasteiger partial charge in [0.15, 0.2) is 0 Å². The SMILES string of the molecule is Cn1c(NCc2ccc(Br)s2)nc2ccccc21. The third kappa shape index (κ3) is 2.15. The molecule has 92 valence electrons. The van der Waals surface area contributed by atoms with Crippen LogP contribution in [0.1, 0.15) is 4.88 Å².